The molecule has 0 N–H and O–H groups in total. The van der Waals surface area contributed by atoms with Crippen LogP contribution in [0.1, 0.15) is 22.8 Å². The van der Waals surface area contributed by atoms with E-state index in [-0.39, 0.29) is 0 Å². The van der Waals surface area contributed by atoms with Crippen molar-refractivity contribution in [3.8, 4) is 29.0 Å². The molecule has 4 heterocycles. The first-order chi connectivity index (χ1) is 13.3. The Balaban J connectivity index is 1.68. The van der Waals surface area contributed by atoms with Crippen molar-refractivity contribution in [1.82, 2.24) is 29.5 Å². The minimum atomic E-state index is 0.621. The summed E-state index contributed by atoms with van der Waals surface area (Å²) in [6.45, 7) is 0. The molecule has 0 saturated heterocycles. The summed E-state index contributed by atoms with van der Waals surface area (Å²) in [6.07, 6.45) is 5.91. The van der Waals surface area contributed by atoms with Crippen molar-refractivity contribution in [1.29, 1.82) is 0 Å². The van der Waals surface area contributed by atoms with Crippen LogP contribution in [-0.4, -0.2) is 36.6 Å². The monoisotopic (exact) mass is 354 g/mol. The van der Waals surface area contributed by atoms with Gasteiger partial charge >= 0.3 is 0 Å². The molecule has 1 aromatic carbocycles. The number of fused-ring (bicyclic) bond motifs is 5. The zero-order valence-corrected chi connectivity index (χ0v) is 14.5. The van der Waals surface area contributed by atoms with Crippen molar-refractivity contribution in [2.45, 2.75) is 6.42 Å². The first-order valence-electron chi connectivity index (χ1n) is 8.41. The Morgan fingerprint density at radius 3 is 2.89 bits per heavy atom. The van der Waals surface area contributed by atoms with Crippen LogP contribution in [-0.2, 0) is 6.42 Å². The van der Waals surface area contributed by atoms with Crippen molar-refractivity contribution in [3.05, 3.63) is 77.9 Å². The van der Waals surface area contributed by atoms with Crippen molar-refractivity contribution in [2.24, 2.45) is 0 Å². The van der Waals surface area contributed by atoms with Gasteiger partial charge in [-0.25, -0.2) is 14.6 Å². The molecule has 27 heavy (non-hydrogen) atoms. The molecule has 7 heteroatoms. The fourth-order valence-electron chi connectivity index (χ4n) is 3.17. The average Bonchev–Trinajstić information content (AvgIpc) is 3.32. The molecule has 7 nitrogen and oxygen atoms in total. The van der Waals surface area contributed by atoms with Gasteiger partial charge in [0.1, 0.15) is 23.5 Å². The first-order valence-corrected chi connectivity index (χ1v) is 8.41. The van der Waals surface area contributed by atoms with Gasteiger partial charge in [-0.2, -0.15) is 0 Å². The van der Waals surface area contributed by atoms with Gasteiger partial charge in [0.2, 0.25) is 0 Å². The summed E-state index contributed by atoms with van der Waals surface area (Å²) in [5.41, 5.74) is 5.23. The van der Waals surface area contributed by atoms with E-state index in [1.165, 1.54) is 0 Å². The maximum absolute atomic E-state index is 5.38. The smallest absolute Gasteiger partial charge is 0.135 e. The SMILES string of the molecule is COc1ccc2c(c1)-n1nncc1Cc1c(C#Cc3ccccn3)ncn1-2. The highest BCUT2D eigenvalue weighted by molar-refractivity contribution is 5.59. The lowest BCUT2D eigenvalue weighted by Crippen LogP contribution is -2.03. The van der Waals surface area contributed by atoms with E-state index in [0.29, 0.717) is 12.1 Å². The van der Waals surface area contributed by atoms with Crippen molar-refractivity contribution < 1.29 is 4.74 Å². The summed E-state index contributed by atoms with van der Waals surface area (Å²) >= 11 is 0. The van der Waals surface area contributed by atoms with Crippen LogP contribution in [0.3, 0.4) is 0 Å². The zero-order chi connectivity index (χ0) is 18.2. The van der Waals surface area contributed by atoms with Crippen molar-refractivity contribution in [3.63, 3.8) is 0 Å². The molecule has 1 aliphatic rings. The lowest BCUT2D eigenvalue weighted by molar-refractivity contribution is 0.414. The quantitative estimate of drug-likeness (QED) is 0.432. The summed E-state index contributed by atoms with van der Waals surface area (Å²) in [7, 11) is 1.65. The number of imidazole rings is 1. The third-order valence-electron chi connectivity index (χ3n) is 4.48. The van der Waals surface area contributed by atoms with Gasteiger partial charge < -0.3 is 4.74 Å². The molecule has 0 bridgehead atoms. The second-order valence-corrected chi connectivity index (χ2v) is 6.04. The maximum Gasteiger partial charge on any atom is 0.135 e. The van der Waals surface area contributed by atoms with Gasteiger partial charge in [-0.1, -0.05) is 11.3 Å². The van der Waals surface area contributed by atoms with Crippen molar-refractivity contribution >= 4 is 0 Å². The molecule has 0 atom stereocenters. The maximum atomic E-state index is 5.38. The number of benzene rings is 1. The topological polar surface area (TPSA) is 70.7 Å². The highest BCUT2D eigenvalue weighted by atomic mass is 16.5. The number of hydrogen-bond donors (Lipinski definition) is 0. The number of nitrogens with zero attached hydrogens (tertiary/aromatic N) is 6. The van der Waals surface area contributed by atoms with Gasteiger partial charge in [0.15, 0.2) is 0 Å². The van der Waals surface area contributed by atoms with Gasteiger partial charge in [0.05, 0.1) is 36.1 Å². The van der Waals surface area contributed by atoms with Crippen LogP contribution in [0.25, 0.3) is 11.4 Å². The molecule has 5 rings (SSSR count). The number of hydrogen-bond acceptors (Lipinski definition) is 5. The summed E-state index contributed by atoms with van der Waals surface area (Å²) in [5, 5.41) is 8.33. The Morgan fingerprint density at radius 2 is 2.04 bits per heavy atom. The number of rotatable bonds is 1. The van der Waals surface area contributed by atoms with E-state index in [4.69, 9.17) is 4.74 Å². The van der Waals surface area contributed by atoms with Gasteiger partial charge in [-0.3, -0.25) is 4.57 Å². The highest BCUT2D eigenvalue weighted by Crippen LogP contribution is 2.30. The van der Waals surface area contributed by atoms with E-state index in [1.54, 1.807) is 25.8 Å². The van der Waals surface area contributed by atoms with Crippen LogP contribution >= 0.6 is 0 Å². The van der Waals surface area contributed by atoms with Crippen LogP contribution in [0.4, 0.5) is 0 Å². The number of aromatic nitrogens is 6. The standard InChI is InChI=1S/C20H14N6O/c1-27-16-6-8-18-20(11-16)26-15(12-23-24-26)10-19-17(22-13-25(18)19)7-5-14-4-2-3-9-21-14/h2-4,6,8-9,11-13H,10H2,1H3. The third-order valence-corrected chi connectivity index (χ3v) is 4.48. The second-order valence-electron chi connectivity index (χ2n) is 6.04. The Kier molecular flexibility index (Phi) is 3.47. The molecular weight excluding hydrogens is 340 g/mol. The van der Waals surface area contributed by atoms with Gasteiger partial charge in [-0.15, -0.1) is 5.10 Å². The van der Waals surface area contributed by atoms with E-state index < -0.39 is 0 Å². The molecular formula is C20H14N6O. The highest BCUT2D eigenvalue weighted by Gasteiger charge is 2.23. The van der Waals surface area contributed by atoms with E-state index in [0.717, 1.165) is 34.2 Å². The van der Waals surface area contributed by atoms with Crippen LogP contribution in [0, 0.1) is 11.8 Å². The number of methoxy groups -OCH3 is 1. The number of pyridine rings is 1. The molecule has 0 amide bonds. The fraction of sp³-hybridized carbons (Fsp3) is 0.100. The minimum absolute atomic E-state index is 0.621. The summed E-state index contributed by atoms with van der Waals surface area (Å²) in [4.78, 5) is 8.78. The Bertz CT molecular complexity index is 1200. The predicted molar refractivity (Wildman–Crippen MR) is 98.1 cm³/mol. The van der Waals surface area contributed by atoms with E-state index in [9.17, 15) is 0 Å². The van der Waals surface area contributed by atoms with Gasteiger partial charge in [0, 0.05) is 18.7 Å². The first kappa shape index (κ1) is 15.3. The largest absolute Gasteiger partial charge is 0.497 e. The molecule has 1 aliphatic heterocycles. The molecule has 0 unspecified atom stereocenters. The lowest BCUT2D eigenvalue weighted by atomic mass is 10.2. The zero-order valence-electron chi connectivity index (χ0n) is 14.5. The van der Waals surface area contributed by atoms with E-state index >= 15 is 0 Å². The molecule has 0 saturated carbocycles. The van der Waals surface area contributed by atoms with Crippen LogP contribution in [0.2, 0.25) is 0 Å². The minimum Gasteiger partial charge on any atom is -0.497 e. The summed E-state index contributed by atoms with van der Waals surface area (Å²) in [5.74, 6) is 6.99. The Morgan fingerprint density at radius 1 is 1.07 bits per heavy atom. The summed E-state index contributed by atoms with van der Waals surface area (Å²) < 4.78 is 9.26. The lowest BCUT2D eigenvalue weighted by Gasteiger charge is -2.11. The third kappa shape index (κ3) is 2.55. The van der Waals surface area contributed by atoms with Gasteiger partial charge in [-0.05, 0) is 36.1 Å². The second kappa shape index (κ2) is 6.11. The molecule has 0 aliphatic carbocycles. The summed E-state index contributed by atoms with van der Waals surface area (Å²) in [6, 6.07) is 11.5. The van der Waals surface area contributed by atoms with Crippen LogP contribution < -0.4 is 4.74 Å². The molecule has 3 aromatic heterocycles. The molecule has 130 valence electrons. The Labute approximate surface area is 155 Å². The van der Waals surface area contributed by atoms with Crippen LogP contribution in [0.5, 0.6) is 5.75 Å². The molecule has 0 radical (unpaired) electrons. The van der Waals surface area contributed by atoms with Crippen LogP contribution in [0.15, 0.2) is 55.1 Å². The van der Waals surface area contributed by atoms with Crippen molar-refractivity contribution in [2.75, 3.05) is 7.11 Å². The average molecular weight is 354 g/mol. The normalized spacial score (nSPS) is 11.4. The van der Waals surface area contributed by atoms with E-state index in [2.05, 4.69) is 32.1 Å². The number of ether oxygens (including phenoxy) is 1. The molecule has 0 fully saturated rings. The molecule has 4 aromatic rings. The Hall–Kier alpha value is -3.92. The molecule has 0 spiro atoms. The predicted octanol–water partition coefficient (Wildman–Crippen LogP) is 2.16. The van der Waals surface area contributed by atoms with E-state index in [1.807, 2.05) is 45.6 Å². The van der Waals surface area contributed by atoms with Gasteiger partial charge in [0.25, 0.3) is 0 Å². The fourth-order valence-corrected chi connectivity index (χ4v) is 3.17.